The van der Waals surface area contributed by atoms with Gasteiger partial charge in [0.25, 0.3) is 0 Å². The maximum Gasteiger partial charge on any atom is 0.244 e. The summed E-state index contributed by atoms with van der Waals surface area (Å²) in [6.07, 6.45) is 3.80. The summed E-state index contributed by atoms with van der Waals surface area (Å²) >= 11 is 0. The molecule has 1 N–H and O–H groups in total. The Labute approximate surface area is 118 Å². The van der Waals surface area contributed by atoms with Gasteiger partial charge in [-0.1, -0.05) is 19.1 Å². The summed E-state index contributed by atoms with van der Waals surface area (Å²) in [5, 5.41) is 3.46. The quantitative estimate of drug-likeness (QED) is 0.899. The van der Waals surface area contributed by atoms with Gasteiger partial charge >= 0.3 is 0 Å². The third-order valence-electron chi connectivity index (χ3n) is 4.99. The molecule has 1 atom stereocenters. The van der Waals surface area contributed by atoms with Crippen LogP contribution in [0.1, 0.15) is 44.3 Å². The molecular weight excluding hydrogens is 255 g/mol. The third kappa shape index (κ3) is 1.71. The third-order valence-corrected chi connectivity index (χ3v) is 4.99. The number of nitrogens with zero attached hydrogens (tertiary/aromatic N) is 1. The first-order valence-electron chi connectivity index (χ1n) is 7.45. The van der Waals surface area contributed by atoms with Gasteiger partial charge in [0.05, 0.1) is 0 Å². The van der Waals surface area contributed by atoms with Crippen molar-refractivity contribution < 1.29 is 9.18 Å². The summed E-state index contributed by atoms with van der Waals surface area (Å²) in [7, 11) is 0. The van der Waals surface area contributed by atoms with E-state index >= 15 is 0 Å². The topological polar surface area (TPSA) is 32.3 Å². The van der Waals surface area contributed by atoms with Gasteiger partial charge in [0.2, 0.25) is 5.91 Å². The van der Waals surface area contributed by atoms with Gasteiger partial charge in [0.15, 0.2) is 0 Å². The van der Waals surface area contributed by atoms with E-state index < -0.39 is 0 Å². The van der Waals surface area contributed by atoms with Crippen molar-refractivity contribution in [2.75, 3.05) is 0 Å². The number of nitrogens with one attached hydrogen (secondary N) is 1. The summed E-state index contributed by atoms with van der Waals surface area (Å²) in [5.74, 6) is 0.677. The van der Waals surface area contributed by atoms with Gasteiger partial charge in [-0.05, 0) is 49.3 Å². The van der Waals surface area contributed by atoms with Crippen LogP contribution < -0.4 is 5.32 Å². The van der Waals surface area contributed by atoms with E-state index in [0.29, 0.717) is 12.0 Å². The minimum atomic E-state index is -0.337. The van der Waals surface area contributed by atoms with Gasteiger partial charge in [-0.25, -0.2) is 4.39 Å². The van der Waals surface area contributed by atoms with Gasteiger partial charge < -0.3 is 4.90 Å². The number of carbonyl (C=O) groups excluding carboxylic acids is 1. The molecule has 1 heterocycles. The Morgan fingerprint density at radius 1 is 1.35 bits per heavy atom. The van der Waals surface area contributed by atoms with Crippen molar-refractivity contribution in [2.45, 2.75) is 50.4 Å². The van der Waals surface area contributed by atoms with Gasteiger partial charge in [0.1, 0.15) is 17.5 Å². The smallest absolute Gasteiger partial charge is 0.244 e. The summed E-state index contributed by atoms with van der Waals surface area (Å²) in [6, 6.07) is 6.93. The van der Waals surface area contributed by atoms with Crippen LogP contribution in [0.5, 0.6) is 0 Å². The first kappa shape index (κ1) is 12.3. The minimum absolute atomic E-state index is 0.154. The summed E-state index contributed by atoms with van der Waals surface area (Å²) in [5.41, 5.74) is 0.525. The van der Waals surface area contributed by atoms with Crippen LogP contribution in [-0.2, 0) is 4.79 Å². The summed E-state index contributed by atoms with van der Waals surface area (Å²) in [6.45, 7) is 2.22. The molecule has 3 nitrogen and oxygen atoms in total. The van der Waals surface area contributed by atoms with Crippen LogP contribution in [0.3, 0.4) is 0 Å². The molecule has 1 amide bonds. The molecular formula is C16H19FN2O. The average Bonchev–Trinajstić information content (AvgIpc) is 3.10. The lowest BCUT2D eigenvalue weighted by atomic mass is 9.80. The largest absolute Gasteiger partial charge is 0.318 e. The molecule has 4 heteroatoms. The van der Waals surface area contributed by atoms with Crippen molar-refractivity contribution in [1.29, 1.82) is 0 Å². The number of hydrogen-bond acceptors (Lipinski definition) is 2. The standard InChI is InChI=1S/C16H19FN2O/c1-10-7-13(8-10)19-14(11-3-2-4-12(17)9-11)18-16(5-6-16)15(19)20/h2-4,9-10,13-14,18H,5-8H2,1H3. The van der Waals surface area contributed by atoms with Crippen LogP contribution in [0.4, 0.5) is 4.39 Å². The Morgan fingerprint density at radius 2 is 2.10 bits per heavy atom. The molecule has 1 aromatic carbocycles. The maximum absolute atomic E-state index is 13.5. The molecule has 3 fully saturated rings. The average molecular weight is 274 g/mol. The van der Waals surface area contributed by atoms with Gasteiger partial charge in [-0.15, -0.1) is 0 Å². The van der Waals surface area contributed by atoms with Crippen molar-refractivity contribution >= 4 is 5.91 Å². The van der Waals surface area contributed by atoms with Crippen molar-refractivity contribution in [3.8, 4) is 0 Å². The van der Waals surface area contributed by atoms with E-state index in [4.69, 9.17) is 0 Å². The van der Waals surface area contributed by atoms with E-state index in [1.54, 1.807) is 12.1 Å². The van der Waals surface area contributed by atoms with Crippen LogP contribution in [-0.4, -0.2) is 22.4 Å². The number of halogens is 1. The predicted octanol–water partition coefficient (Wildman–Crippen LogP) is 2.59. The molecule has 0 aromatic heterocycles. The molecule has 4 rings (SSSR count). The number of amides is 1. The molecule has 2 aliphatic carbocycles. The number of carbonyl (C=O) groups is 1. The Kier molecular flexibility index (Phi) is 2.49. The van der Waals surface area contributed by atoms with E-state index in [1.807, 2.05) is 11.0 Å². The lowest BCUT2D eigenvalue weighted by molar-refractivity contribution is -0.135. The van der Waals surface area contributed by atoms with Crippen LogP contribution >= 0.6 is 0 Å². The Balaban J connectivity index is 1.67. The lowest BCUT2D eigenvalue weighted by Crippen LogP contribution is -2.47. The molecule has 1 aliphatic heterocycles. The highest BCUT2D eigenvalue weighted by Crippen LogP contribution is 2.49. The molecule has 0 radical (unpaired) electrons. The number of benzene rings is 1. The first-order valence-corrected chi connectivity index (χ1v) is 7.45. The van der Waals surface area contributed by atoms with Crippen molar-refractivity contribution in [3.05, 3.63) is 35.6 Å². The molecule has 1 spiro atoms. The highest BCUT2D eigenvalue weighted by molar-refractivity contribution is 5.92. The fourth-order valence-electron chi connectivity index (χ4n) is 3.62. The molecule has 1 unspecified atom stereocenters. The number of rotatable bonds is 2. The Bertz CT molecular complexity index is 563. The van der Waals surface area contributed by atoms with E-state index in [2.05, 4.69) is 12.2 Å². The lowest BCUT2D eigenvalue weighted by Gasteiger charge is -2.42. The van der Waals surface area contributed by atoms with Gasteiger partial charge in [-0.3, -0.25) is 10.1 Å². The second-order valence-electron chi connectivity index (χ2n) is 6.63. The molecule has 20 heavy (non-hydrogen) atoms. The summed E-state index contributed by atoms with van der Waals surface area (Å²) in [4.78, 5) is 14.7. The second kappa shape index (κ2) is 4.04. The fraction of sp³-hybridized carbons (Fsp3) is 0.562. The zero-order valence-electron chi connectivity index (χ0n) is 11.6. The molecule has 3 aliphatic rings. The maximum atomic E-state index is 13.5. The van der Waals surface area contributed by atoms with Crippen LogP contribution in [0.2, 0.25) is 0 Å². The molecule has 106 valence electrons. The molecule has 2 saturated carbocycles. The van der Waals surface area contributed by atoms with Crippen LogP contribution in [0.15, 0.2) is 24.3 Å². The molecule has 0 bridgehead atoms. The predicted molar refractivity (Wildman–Crippen MR) is 73.3 cm³/mol. The van der Waals surface area contributed by atoms with E-state index in [1.165, 1.54) is 6.07 Å². The van der Waals surface area contributed by atoms with Crippen LogP contribution in [0.25, 0.3) is 0 Å². The first-order chi connectivity index (χ1) is 9.59. The van der Waals surface area contributed by atoms with Crippen molar-refractivity contribution in [1.82, 2.24) is 10.2 Å². The Morgan fingerprint density at radius 3 is 2.70 bits per heavy atom. The van der Waals surface area contributed by atoms with Crippen LogP contribution in [0, 0.1) is 11.7 Å². The second-order valence-corrected chi connectivity index (χ2v) is 6.63. The van der Waals surface area contributed by atoms with E-state index in [0.717, 1.165) is 31.2 Å². The van der Waals surface area contributed by atoms with Crippen molar-refractivity contribution in [3.63, 3.8) is 0 Å². The van der Waals surface area contributed by atoms with Gasteiger partial charge in [-0.2, -0.15) is 0 Å². The molecule has 1 aromatic rings. The van der Waals surface area contributed by atoms with Gasteiger partial charge in [0, 0.05) is 6.04 Å². The summed E-state index contributed by atoms with van der Waals surface area (Å²) < 4.78 is 13.5. The monoisotopic (exact) mass is 274 g/mol. The molecule has 1 saturated heterocycles. The number of hydrogen-bond donors (Lipinski definition) is 1. The zero-order valence-corrected chi connectivity index (χ0v) is 11.6. The SMILES string of the molecule is CC1CC(N2C(=O)C3(CC3)NC2c2cccc(F)c2)C1. The normalized spacial score (nSPS) is 34.4. The fourth-order valence-corrected chi connectivity index (χ4v) is 3.62. The minimum Gasteiger partial charge on any atom is -0.318 e. The van der Waals surface area contributed by atoms with E-state index in [9.17, 15) is 9.18 Å². The van der Waals surface area contributed by atoms with E-state index in [-0.39, 0.29) is 23.4 Å². The highest BCUT2D eigenvalue weighted by atomic mass is 19.1. The Hall–Kier alpha value is -1.42. The zero-order chi connectivity index (χ0) is 13.9. The highest BCUT2D eigenvalue weighted by Gasteiger charge is 2.61. The van der Waals surface area contributed by atoms with Crippen molar-refractivity contribution in [2.24, 2.45) is 5.92 Å².